The highest BCUT2D eigenvalue weighted by Crippen LogP contribution is 2.22. The quantitative estimate of drug-likeness (QED) is 0.927. The van der Waals surface area contributed by atoms with Crippen molar-refractivity contribution >= 4 is 22.4 Å². The molecule has 0 bridgehead atoms. The number of carbonyl (C=O) groups excluding carboxylic acids is 1. The van der Waals surface area contributed by atoms with Crippen LogP contribution >= 0.6 is 11.3 Å². The van der Waals surface area contributed by atoms with E-state index < -0.39 is 0 Å². The first kappa shape index (κ1) is 12.1. The number of benzene rings is 1. The second-order valence-corrected chi connectivity index (χ2v) is 5.45. The Morgan fingerprint density at radius 2 is 2.21 bits per heavy atom. The van der Waals surface area contributed by atoms with Crippen LogP contribution in [0.4, 0.5) is 5.13 Å². The van der Waals surface area contributed by atoms with Gasteiger partial charge in [0.15, 0.2) is 0 Å². The highest BCUT2D eigenvalue weighted by Gasteiger charge is 2.24. The number of aromatic nitrogens is 2. The zero-order valence-corrected chi connectivity index (χ0v) is 11.4. The van der Waals surface area contributed by atoms with Crippen molar-refractivity contribution in [2.75, 3.05) is 18.9 Å². The summed E-state index contributed by atoms with van der Waals surface area (Å²) in [4.78, 5) is 14.2. The Balaban J connectivity index is 1.79. The fourth-order valence-corrected chi connectivity index (χ4v) is 2.92. The lowest BCUT2D eigenvalue weighted by Gasteiger charge is -2.27. The van der Waals surface area contributed by atoms with Crippen molar-refractivity contribution in [1.29, 1.82) is 0 Å². The van der Waals surface area contributed by atoms with Crippen LogP contribution < -0.4 is 5.32 Å². The van der Waals surface area contributed by atoms with Crippen LogP contribution in [0.3, 0.4) is 0 Å². The third-order valence-corrected chi connectivity index (χ3v) is 4.12. The Labute approximate surface area is 115 Å². The maximum Gasteiger partial charge on any atom is 0.254 e. The van der Waals surface area contributed by atoms with Crippen molar-refractivity contribution in [2.45, 2.75) is 13.0 Å². The van der Waals surface area contributed by atoms with Crippen LogP contribution in [-0.2, 0) is 13.0 Å². The zero-order valence-electron chi connectivity index (χ0n) is 10.6. The number of fused-ring (bicyclic) bond motifs is 1. The summed E-state index contributed by atoms with van der Waals surface area (Å²) >= 11 is 1.48. The van der Waals surface area contributed by atoms with Crippen LogP contribution in [0.25, 0.3) is 0 Å². The molecule has 1 aromatic heterocycles. The molecule has 0 fully saturated rings. The molecule has 0 atom stereocenters. The SMILES string of the molecule is CNc1nnc(CN2CCc3ccccc3C2=O)s1. The minimum absolute atomic E-state index is 0.0862. The second kappa shape index (κ2) is 4.97. The Kier molecular flexibility index (Phi) is 3.16. The summed E-state index contributed by atoms with van der Waals surface area (Å²) in [5, 5.41) is 12.7. The monoisotopic (exact) mass is 274 g/mol. The van der Waals surface area contributed by atoms with Gasteiger partial charge in [-0.2, -0.15) is 0 Å². The third-order valence-electron chi connectivity index (χ3n) is 3.19. The summed E-state index contributed by atoms with van der Waals surface area (Å²) in [6.45, 7) is 1.27. The molecule has 3 rings (SSSR count). The van der Waals surface area contributed by atoms with Gasteiger partial charge in [0.2, 0.25) is 5.13 Å². The Morgan fingerprint density at radius 3 is 3.00 bits per heavy atom. The maximum atomic E-state index is 12.4. The largest absolute Gasteiger partial charge is 0.363 e. The van der Waals surface area contributed by atoms with E-state index >= 15 is 0 Å². The molecular weight excluding hydrogens is 260 g/mol. The first-order valence-electron chi connectivity index (χ1n) is 6.15. The predicted molar refractivity (Wildman–Crippen MR) is 74.3 cm³/mol. The number of nitrogens with zero attached hydrogens (tertiary/aromatic N) is 3. The molecule has 5 nitrogen and oxygen atoms in total. The molecule has 0 saturated carbocycles. The molecule has 1 aromatic carbocycles. The fraction of sp³-hybridized carbons (Fsp3) is 0.308. The first-order chi connectivity index (χ1) is 9.28. The molecule has 2 heterocycles. The first-order valence-corrected chi connectivity index (χ1v) is 6.97. The van der Waals surface area contributed by atoms with E-state index in [0.29, 0.717) is 6.54 Å². The lowest BCUT2D eigenvalue weighted by Crippen LogP contribution is -2.36. The van der Waals surface area contributed by atoms with Crippen molar-refractivity contribution in [2.24, 2.45) is 0 Å². The summed E-state index contributed by atoms with van der Waals surface area (Å²) < 4.78 is 0. The molecule has 0 radical (unpaired) electrons. The summed E-state index contributed by atoms with van der Waals surface area (Å²) in [6, 6.07) is 7.80. The lowest BCUT2D eigenvalue weighted by atomic mass is 9.99. The number of nitrogens with one attached hydrogen (secondary N) is 1. The average Bonchev–Trinajstić information content (AvgIpc) is 2.90. The van der Waals surface area contributed by atoms with Crippen molar-refractivity contribution < 1.29 is 4.79 Å². The van der Waals surface area contributed by atoms with E-state index in [0.717, 1.165) is 34.2 Å². The van der Waals surface area contributed by atoms with Crippen molar-refractivity contribution in [3.05, 3.63) is 40.4 Å². The van der Waals surface area contributed by atoms with Gasteiger partial charge in [0, 0.05) is 19.2 Å². The number of anilines is 1. The normalized spacial score (nSPS) is 14.4. The number of rotatable bonds is 3. The lowest BCUT2D eigenvalue weighted by molar-refractivity contribution is 0.0726. The third kappa shape index (κ3) is 2.31. The molecule has 98 valence electrons. The molecule has 0 aliphatic carbocycles. The summed E-state index contributed by atoms with van der Waals surface area (Å²) in [5.74, 6) is 0.0862. The summed E-state index contributed by atoms with van der Waals surface area (Å²) in [6.07, 6.45) is 0.902. The van der Waals surface area contributed by atoms with Gasteiger partial charge in [-0.1, -0.05) is 29.5 Å². The van der Waals surface area contributed by atoms with Crippen LogP contribution in [0.2, 0.25) is 0 Å². The van der Waals surface area contributed by atoms with Crippen LogP contribution in [0.15, 0.2) is 24.3 Å². The van der Waals surface area contributed by atoms with Crippen LogP contribution in [-0.4, -0.2) is 34.6 Å². The maximum absolute atomic E-state index is 12.4. The van der Waals surface area contributed by atoms with E-state index in [9.17, 15) is 4.79 Å². The summed E-state index contributed by atoms with van der Waals surface area (Å²) in [5.41, 5.74) is 1.95. The Morgan fingerprint density at radius 1 is 1.37 bits per heavy atom. The average molecular weight is 274 g/mol. The molecule has 0 spiro atoms. The molecule has 1 amide bonds. The molecule has 0 unspecified atom stereocenters. The number of hydrogen-bond donors (Lipinski definition) is 1. The molecule has 1 N–H and O–H groups in total. The number of carbonyl (C=O) groups is 1. The fourth-order valence-electron chi connectivity index (χ4n) is 2.21. The molecule has 6 heteroatoms. The second-order valence-electron chi connectivity index (χ2n) is 4.38. The highest BCUT2D eigenvalue weighted by molar-refractivity contribution is 7.15. The minimum Gasteiger partial charge on any atom is -0.363 e. The Hall–Kier alpha value is -1.95. The highest BCUT2D eigenvalue weighted by atomic mass is 32.1. The van der Waals surface area contributed by atoms with Gasteiger partial charge in [-0.05, 0) is 18.1 Å². The van der Waals surface area contributed by atoms with E-state index in [1.165, 1.54) is 11.3 Å². The topological polar surface area (TPSA) is 58.1 Å². The van der Waals surface area contributed by atoms with E-state index in [2.05, 4.69) is 15.5 Å². The van der Waals surface area contributed by atoms with Gasteiger partial charge in [-0.3, -0.25) is 4.79 Å². The van der Waals surface area contributed by atoms with Crippen molar-refractivity contribution in [3.8, 4) is 0 Å². The molecule has 19 heavy (non-hydrogen) atoms. The molecular formula is C13H14N4OS. The Bertz CT molecular complexity index is 610. The van der Waals surface area contributed by atoms with Crippen molar-refractivity contribution in [3.63, 3.8) is 0 Å². The van der Waals surface area contributed by atoms with Crippen molar-refractivity contribution in [1.82, 2.24) is 15.1 Å². The smallest absolute Gasteiger partial charge is 0.254 e. The number of amides is 1. The molecule has 0 saturated heterocycles. The standard InChI is InChI=1S/C13H14N4OS/c1-14-13-16-15-11(19-13)8-17-7-6-9-4-2-3-5-10(9)12(17)18/h2-5H,6-8H2,1H3,(H,14,16). The van der Waals surface area contributed by atoms with Gasteiger partial charge in [0.05, 0.1) is 6.54 Å². The van der Waals surface area contributed by atoms with E-state index in [1.54, 1.807) is 0 Å². The van der Waals surface area contributed by atoms with E-state index in [1.807, 2.05) is 36.2 Å². The van der Waals surface area contributed by atoms with Gasteiger partial charge in [0.1, 0.15) is 5.01 Å². The van der Waals surface area contributed by atoms with Gasteiger partial charge < -0.3 is 10.2 Å². The molecule has 1 aliphatic heterocycles. The van der Waals surface area contributed by atoms with Crippen LogP contribution in [0.5, 0.6) is 0 Å². The number of hydrogen-bond acceptors (Lipinski definition) is 5. The summed E-state index contributed by atoms with van der Waals surface area (Å²) in [7, 11) is 1.81. The predicted octanol–water partition coefficient (Wildman–Crippen LogP) is 1.78. The van der Waals surface area contributed by atoms with E-state index in [4.69, 9.17) is 0 Å². The van der Waals surface area contributed by atoms with Gasteiger partial charge >= 0.3 is 0 Å². The van der Waals surface area contributed by atoms with Gasteiger partial charge in [0.25, 0.3) is 5.91 Å². The molecule has 1 aliphatic rings. The van der Waals surface area contributed by atoms with E-state index in [-0.39, 0.29) is 5.91 Å². The van der Waals surface area contributed by atoms with Gasteiger partial charge in [-0.15, -0.1) is 10.2 Å². The zero-order chi connectivity index (χ0) is 13.2. The van der Waals surface area contributed by atoms with Crippen LogP contribution in [0, 0.1) is 0 Å². The minimum atomic E-state index is 0.0862. The van der Waals surface area contributed by atoms with Crippen LogP contribution in [0.1, 0.15) is 20.9 Å². The van der Waals surface area contributed by atoms with Gasteiger partial charge in [-0.25, -0.2) is 0 Å². The molecule has 2 aromatic rings.